The molecule has 1 aliphatic rings. The molecule has 1 saturated carbocycles. The van der Waals surface area contributed by atoms with Crippen molar-refractivity contribution in [3.05, 3.63) is 28.2 Å². The van der Waals surface area contributed by atoms with Crippen LogP contribution in [-0.2, 0) is 14.8 Å². The fraction of sp³-hybridized carbons (Fsp3) is 0.462. The Morgan fingerprint density at radius 3 is 2.62 bits per heavy atom. The van der Waals surface area contributed by atoms with E-state index in [1.165, 1.54) is 0 Å². The SMILES string of the molecule is CS(=O)(=O)N(CCNC(=O)C1CC1)c1cccc(Cl)c1Cl. The first-order valence-corrected chi connectivity index (χ1v) is 9.10. The van der Waals surface area contributed by atoms with E-state index in [-0.39, 0.29) is 35.0 Å². The van der Waals surface area contributed by atoms with Gasteiger partial charge in [0.05, 0.1) is 28.5 Å². The van der Waals surface area contributed by atoms with Gasteiger partial charge in [-0.2, -0.15) is 0 Å². The first kappa shape index (κ1) is 16.4. The van der Waals surface area contributed by atoms with Gasteiger partial charge in [-0.05, 0) is 25.0 Å². The maximum absolute atomic E-state index is 11.9. The van der Waals surface area contributed by atoms with Gasteiger partial charge in [-0.1, -0.05) is 29.3 Å². The number of anilines is 1. The Morgan fingerprint density at radius 1 is 1.38 bits per heavy atom. The van der Waals surface area contributed by atoms with Crippen molar-refractivity contribution >= 4 is 44.8 Å². The molecule has 0 radical (unpaired) electrons. The summed E-state index contributed by atoms with van der Waals surface area (Å²) >= 11 is 12.0. The lowest BCUT2D eigenvalue weighted by molar-refractivity contribution is -0.122. The van der Waals surface area contributed by atoms with Crippen LogP contribution >= 0.6 is 23.2 Å². The predicted molar refractivity (Wildman–Crippen MR) is 84.4 cm³/mol. The third kappa shape index (κ3) is 4.25. The van der Waals surface area contributed by atoms with Gasteiger partial charge in [-0.15, -0.1) is 0 Å². The van der Waals surface area contributed by atoms with Gasteiger partial charge in [-0.25, -0.2) is 8.42 Å². The second-order valence-electron chi connectivity index (χ2n) is 4.97. The number of halogens is 2. The second-order valence-corrected chi connectivity index (χ2v) is 7.67. The van der Waals surface area contributed by atoms with Gasteiger partial charge in [0.2, 0.25) is 15.9 Å². The van der Waals surface area contributed by atoms with Crippen LogP contribution < -0.4 is 9.62 Å². The highest BCUT2D eigenvalue weighted by atomic mass is 35.5. The Kier molecular flexibility index (Phi) is 5.01. The van der Waals surface area contributed by atoms with Gasteiger partial charge >= 0.3 is 0 Å². The molecule has 0 aliphatic heterocycles. The molecule has 1 aliphatic carbocycles. The van der Waals surface area contributed by atoms with E-state index in [0.717, 1.165) is 23.4 Å². The topological polar surface area (TPSA) is 66.5 Å². The number of sulfonamides is 1. The molecule has 1 aromatic carbocycles. The van der Waals surface area contributed by atoms with Gasteiger partial charge in [0.1, 0.15) is 0 Å². The molecule has 8 heteroatoms. The maximum Gasteiger partial charge on any atom is 0.232 e. The van der Waals surface area contributed by atoms with Crippen molar-refractivity contribution in [3.8, 4) is 0 Å². The van der Waals surface area contributed by atoms with Crippen LogP contribution in [0, 0.1) is 5.92 Å². The maximum atomic E-state index is 11.9. The Bertz CT molecular complexity index is 645. The van der Waals surface area contributed by atoms with Gasteiger partial charge < -0.3 is 5.32 Å². The normalized spacial score (nSPS) is 14.8. The summed E-state index contributed by atoms with van der Waals surface area (Å²) in [6.45, 7) is 0.336. The minimum absolute atomic E-state index is 0.0272. The smallest absolute Gasteiger partial charge is 0.232 e. The summed E-state index contributed by atoms with van der Waals surface area (Å²) < 4.78 is 25.0. The number of carbonyl (C=O) groups is 1. The van der Waals surface area contributed by atoms with Crippen molar-refractivity contribution in [2.24, 2.45) is 5.92 Å². The molecule has 0 heterocycles. The Morgan fingerprint density at radius 2 is 2.05 bits per heavy atom. The number of amides is 1. The van der Waals surface area contributed by atoms with Crippen molar-refractivity contribution in [2.45, 2.75) is 12.8 Å². The molecular weight excluding hydrogens is 335 g/mol. The quantitative estimate of drug-likeness (QED) is 0.855. The second kappa shape index (κ2) is 6.42. The summed E-state index contributed by atoms with van der Waals surface area (Å²) in [4.78, 5) is 11.6. The van der Waals surface area contributed by atoms with Crippen molar-refractivity contribution in [3.63, 3.8) is 0 Å². The molecule has 21 heavy (non-hydrogen) atoms. The average Bonchev–Trinajstić information content (AvgIpc) is 3.21. The molecule has 5 nitrogen and oxygen atoms in total. The van der Waals surface area contributed by atoms with Crippen molar-refractivity contribution in [1.82, 2.24) is 5.32 Å². The number of nitrogens with zero attached hydrogens (tertiary/aromatic N) is 1. The number of carbonyl (C=O) groups excluding carboxylic acids is 1. The van der Waals surface area contributed by atoms with Gasteiger partial charge in [-0.3, -0.25) is 9.10 Å². The summed E-state index contributed by atoms with van der Waals surface area (Å²) in [6.07, 6.45) is 2.90. The molecule has 0 atom stereocenters. The monoisotopic (exact) mass is 350 g/mol. The lowest BCUT2D eigenvalue weighted by Gasteiger charge is -2.24. The van der Waals surface area contributed by atoms with Crippen LogP contribution in [0.15, 0.2) is 18.2 Å². The Balaban J connectivity index is 2.11. The summed E-state index contributed by atoms with van der Waals surface area (Å²) in [5, 5.41) is 3.19. The first-order valence-electron chi connectivity index (χ1n) is 6.50. The lowest BCUT2D eigenvalue weighted by Crippen LogP contribution is -2.38. The minimum atomic E-state index is -3.52. The molecule has 1 amide bonds. The molecule has 2 rings (SSSR count). The molecule has 1 N–H and O–H groups in total. The number of hydrogen-bond acceptors (Lipinski definition) is 3. The zero-order valence-corrected chi connectivity index (χ0v) is 13.8. The van der Waals surface area contributed by atoms with E-state index in [4.69, 9.17) is 23.2 Å². The van der Waals surface area contributed by atoms with Crippen molar-refractivity contribution in [1.29, 1.82) is 0 Å². The molecule has 0 unspecified atom stereocenters. The third-order valence-electron chi connectivity index (χ3n) is 3.16. The van der Waals surface area contributed by atoms with Crippen LogP contribution in [0.3, 0.4) is 0 Å². The zero-order valence-electron chi connectivity index (χ0n) is 11.5. The average molecular weight is 351 g/mol. The molecule has 1 aromatic rings. The van der Waals surface area contributed by atoms with Crippen LogP contribution in [0.5, 0.6) is 0 Å². The van der Waals surface area contributed by atoms with E-state index in [9.17, 15) is 13.2 Å². The highest BCUT2D eigenvalue weighted by Gasteiger charge is 2.29. The lowest BCUT2D eigenvalue weighted by atomic mass is 10.3. The van der Waals surface area contributed by atoms with Crippen LogP contribution in [0.1, 0.15) is 12.8 Å². The van der Waals surface area contributed by atoms with E-state index in [0.29, 0.717) is 5.69 Å². The minimum Gasteiger partial charge on any atom is -0.354 e. The number of hydrogen-bond donors (Lipinski definition) is 1. The third-order valence-corrected chi connectivity index (χ3v) is 5.15. The molecular formula is C13H16Cl2N2O3S. The van der Waals surface area contributed by atoms with Crippen LogP contribution in [0.25, 0.3) is 0 Å². The van der Waals surface area contributed by atoms with E-state index in [1.807, 2.05) is 0 Å². The Labute approximate surface area is 134 Å². The molecule has 0 aromatic heterocycles. The van der Waals surface area contributed by atoms with E-state index in [2.05, 4.69) is 5.32 Å². The summed E-state index contributed by atoms with van der Waals surface area (Å²) in [7, 11) is -3.52. The van der Waals surface area contributed by atoms with Crippen molar-refractivity contribution < 1.29 is 13.2 Å². The Hall–Kier alpha value is -0.980. The standard InChI is InChI=1S/C13H16Cl2N2O3S/c1-21(19,20)17(8-7-16-13(18)9-5-6-9)11-4-2-3-10(14)12(11)15/h2-4,9H,5-8H2,1H3,(H,16,18). The first-order chi connectivity index (χ1) is 9.80. The fourth-order valence-electron chi connectivity index (χ4n) is 1.92. The summed E-state index contributed by atoms with van der Waals surface area (Å²) in [5.41, 5.74) is 0.312. The zero-order chi connectivity index (χ0) is 15.6. The summed E-state index contributed by atoms with van der Waals surface area (Å²) in [5.74, 6) is 0.0621. The largest absolute Gasteiger partial charge is 0.354 e. The summed E-state index contributed by atoms with van der Waals surface area (Å²) in [6, 6.07) is 4.80. The van der Waals surface area contributed by atoms with Crippen LogP contribution in [0.4, 0.5) is 5.69 Å². The highest BCUT2D eigenvalue weighted by Crippen LogP contribution is 2.33. The molecule has 1 fully saturated rings. The van der Waals surface area contributed by atoms with Crippen molar-refractivity contribution in [2.75, 3.05) is 23.7 Å². The van der Waals surface area contributed by atoms with Gasteiger partial charge in [0.15, 0.2) is 0 Å². The van der Waals surface area contributed by atoms with Crippen LogP contribution in [-0.4, -0.2) is 33.7 Å². The molecule has 0 saturated heterocycles. The predicted octanol–water partition coefficient (Wildman–Crippen LogP) is 2.29. The number of nitrogens with one attached hydrogen (secondary N) is 1. The van der Waals surface area contributed by atoms with Crippen LogP contribution in [0.2, 0.25) is 10.0 Å². The fourth-order valence-corrected chi connectivity index (χ4v) is 3.30. The van der Waals surface area contributed by atoms with E-state index < -0.39 is 10.0 Å². The van der Waals surface area contributed by atoms with Gasteiger partial charge in [0, 0.05) is 12.5 Å². The van der Waals surface area contributed by atoms with E-state index in [1.54, 1.807) is 18.2 Å². The highest BCUT2D eigenvalue weighted by molar-refractivity contribution is 7.92. The molecule has 116 valence electrons. The molecule has 0 spiro atoms. The molecule has 0 bridgehead atoms. The van der Waals surface area contributed by atoms with E-state index >= 15 is 0 Å². The number of benzene rings is 1. The van der Waals surface area contributed by atoms with Gasteiger partial charge in [0.25, 0.3) is 0 Å². The number of rotatable bonds is 6.